The van der Waals surface area contributed by atoms with Gasteiger partial charge in [-0.25, -0.2) is 9.69 Å². The third-order valence-corrected chi connectivity index (χ3v) is 2.10. The number of nitrogens with zero attached hydrogens (tertiary/aromatic N) is 1. The first-order chi connectivity index (χ1) is 6.32. The Morgan fingerprint density at radius 1 is 1.50 bits per heavy atom. The minimum absolute atomic E-state index is 0.224. The lowest BCUT2D eigenvalue weighted by atomic mass is 9.97. The van der Waals surface area contributed by atoms with Crippen molar-refractivity contribution in [2.45, 2.75) is 19.0 Å². The molecular weight excluding hydrogens is 203 g/mol. The van der Waals surface area contributed by atoms with Gasteiger partial charge in [-0.3, -0.25) is 4.79 Å². The van der Waals surface area contributed by atoms with E-state index in [9.17, 15) is 22.8 Å². The van der Waals surface area contributed by atoms with Gasteiger partial charge in [-0.15, -0.1) is 0 Å². The van der Waals surface area contributed by atoms with Gasteiger partial charge in [0.1, 0.15) is 0 Å². The molecule has 0 radical (unpaired) electrons. The van der Waals surface area contributed by atoms with Crippen molar-refractivity contribution in [3.05, 3.63) is 0 Å². The van der Waals surface area contributed by atoms with Crippen LogP contribution in [0.25, 0.3) is 0 Å². The molecule has 1 saturated heterocycles. The summed E-state index contributed by atoms with van der Waals surface area (Å²) in [6.45, 7) is -0.780. The first-order valence-electron chi connectivity index (χ1n) is 3.92. The number of carbonyl (C=O) groups is 2. The Labute approximate surface area is 77.3 Å². The Kier molecular flexibility index (Phi) is 2.68. The van der Waals surface area contributed by atoms with Crippen molar-refractivity contribution in [3.8, 4) is 0 Å². The summed E-state index contributed by atoms with van der Waals surface area (Å²) in [5, 5.41) is 8.43. The maximum absolute atomic E-state index is 12.2. The number of hydrogen-bond donors (Lipinski definition) is 1. The predicted molar refractivity (Wildman–Crippen MR) is 38.5 cm³/mol. The highest BCUT2D eigenvalue weighted by molar-refractivity contribution is 5.91. The zero-order chi connectivity index (χ0) is 10.9. The number of carboxylic acid groups (broad SMARTS) is 1. The molecular formula is C7H8F3NO3. The average molecular weight is 211 g/mol. The van der Waals surface area contributed by atoms with E-state index in [4.69, 9.17) is 5.11 Å². The monoisotopic (exact) mass is 211 g/mol. The standard InChI is InChI=1S/C7H8F3NO3/c8-7(9,10)4-1-2-5(12)11(3-4)6(13)14/h4H,1-3H2,(H,13,14). The molecule has 80 valence electrons. The van der Waals surface area contributed by atoms with E-state index in [1.54, 1.807) is 0 Å². The molecule has 1 aliphatic rings. The topological polar surface area (TPSA) is 57.6 Å². The number of rotatable bonds is 0. The van der Waals surface area contributed by atoms with Crippen molar-refractivity contribution < 1.29 is 27.9 Å². The molecule has 14 heavy (non-hydrogen) atoms. The second kappa shape index (κ2) is 3.47. The van der Waals surface area contributed by atoms with Gasteiger partial charge in [-0.1, -0.05) is 0 Å². The molecule has 0 bridgehead atoms. The molecule has 1 atom stereocenters. The minimum Gasteiger partial charge on any atom is -0.465 e. The fourth-order valence-corrected chi connectivity index (χ4v) is 1.30. The highest BCUT2D eigenvalue weighted by atomic mass is 19.4. The maximum Gasteiger partial charge on any atom is 0.414 e. The quantitative estimate of drug-likeness (QED) is 0.659. The first kappa shape index (κ1) is 10.8. The summed E-state index contributed by atoms with van der Waals surface area (Å²) in [4.78, 5) is 21.5. The van der Waals surface area contributed by atoms with Crippen LogP contribution in [-0.2, 0) is 4.79 Å². The maximum atomic E-state index is 12.2. The summed E-state index contributed by atoms with van der Waals surface area (Å²) in [5.41, 5.74) is 0. The number of hydrogen-bond acceptors (Lipinski definition) is 2. The summed E-state index contributed by atoms with van der Waals surface area (Å²) in [5.74, 6) is -2.49. The fraction of sp³-hybridized carbons (Fsp3) is 0.714. The zero-order valence-electron chi connectivity index (χ0n) is 7.04. The van der Waals surface area contributed by atoms with Gasteiger partial charge in [0.2, 0.25) is 5.91 Å². The van der Waals surface area contributed by atoms with Crippen molar-refractivity contribution >= 4 is 12.0 Å². The molecule has 1 heterocycles. The van der Waals surface area contributed by atoms with Crippen LogP contribution in [0, 0.1) is 5.92 Å². The number of imide groups is 1. The Bertz CT molecular complexity index is 263. The molecule has 1 fully saturated rings. The van der Waals surface area contributed by atoms with Crippen LogP contribution in [0.5, 0.6) is 0 Å². The molecule has 0 saturated carbocycles. The largest absolute Gasteiger partial charge is 0.465 e. The minimum atomic E-state index is -4.44. The lowest BCUT2D eigenvalue weighted by Gasteiger charge is -2.30. The van der Waals surface area contributed by atoms with Crippen molar-refractivity contribution in [3.63, 3.8) is 0 Å². The van der Waals surface area contributed by atoms with Crippen LogP contribution in [0.15, 0.2) is 0 Å². The van der Waals surface area contributed by atoms with Crippen LogP contribution in [0.1, 0.15) is 12.8 Å². The Morgan fingerprint density at radius 2 is 2.07 bits per heavy atom. The Hall–Kier alpha value is -1.27. The number of likely N-dealkylation sites (tertiary alicyclic amines) is 1. The van der Waals surface area contributed by atoms with E-state index in [2.05, 4.69) is 0 Å². The van der Waals surface area contributed by atoms with Gasteiger partial charge in [-0.05, 0) is 6.42 Å². The SMILES string of the molecule is O=C(O)N1CC(C(F)(F)F)CCC1=O. The molecule has 4 nitrogen and oxygen atoms in total. The van der Waals surface area contributed by atoms with Gasteiger partial charge in [0.15, 0.2) is 0 Å². The third kappa shape index (κ3) is 2.15. The van der Waals surface area contributed by atoms with Crippen molar-refractivity contribution in [1.82, 2.24) is 4.90 Å². The summed E-state index contributed by atoms with van der Waals surface area (Å²) in [6.07, 6.45) is -6.75. The molecule has 0 aromatic carbocycles. The van der Waals surface area contributed by atoms with Crippen molar-refractivity contribution in [2.75, 3.05) is 6.54 Å². The zero-order valence-corrected chi connectivity index (χ0v) is 7.04. The van der Waals surface area contributed by atoms with E-state index >= 15 is 0 Å². The summed E-state index contributed by atoms with van der Waals surface area (Å²) in [6, 6.07) is 0. The van der Waals surface area contributed by atoms with Gasteiger partial charge >= 0.3 is 12.3 Å². The van der Waals surface area contributed by atoms with Crippen LogP contribution < -0.4 is 0 Å². The number of alkyl halides is 3. The lowest BCUT2D eigenvalue weighted by Crippen LogP contribution is -2.47. The molecule has 0 aromatic heterocycles. The van der Waals surface area contributed by atoms with E-state index in [0.717, 1.165) is 0 Å². The molecule has 1 unspecified atom stereocenters. The van der Waals surface area contributed by atoms with Gasteiger partial charge in [0.05, 0.1) is 5.92 Å². The molecule has 7 heteroatoms. The molecule has 1 N–H and O–H groups in total. The second-order valence-corrected chi connectivity index (χ2v) is 3.06. The third-order valence-electron chi connectivity index (χ3n) is 2.10. The van der Waals surface area contributed by atoms with Crippen molar-refractivity contribution in [1.29, 1.82) is 0 Å². The summed E-state index contributed by atoms with van der Waals surface area (Å²) in [7, 11) is 0. The van der Waals surface area contributed by atoms with Crippen LogP contribution in [-0.4, -0.2) is 34.7 Å². The number of piperidine rings is 1. The molecule has 0 aliphatic carbocycles. The predicted octanol–water partition coefficient (Wildman–Crippen LogP) is 1.47. The second-order valence-electron chi connectivity index (χ2n) is 3.06. The Balaban J connectivity index is 2.72. The fourth-order valence-electron chi connectivity index (χ4n) is 1.30. The van der Waals surface area contributed by atoms with E-state index in [1.165, 1.54) is 0 Å². The van der Waals surface area contributed by atoms with Gasteiger partial charge in [0.25, 0.3) is 0 Å². The highest BCUT2D eigenvalue weighted by Gasteiger charge is 2.45. The first-order valence-corrected chi connectivity index (χ1v) is 3.92. The smallest absolute Gasteiger partial charge is 0.414 e. The van der Waals surface area contributed by atoms with E-state index in [-0.39, 0.29) is 17.7 Å². The number of carbonyl (C=O) groups excluding carboxylic acids is 1. The molecule has 1 rings (SSSR count). The average Bonchev–Trinajstić information content (AvgIpc) is 2.02. The summed E-state index contributed by atoms with van der Waals surface area (Å²) >= 11 is 0. The van der Waals surface area contributed by atoms with E-state index < -0.39 is 30.6 Å². The normalized spacial score (nSPS) is 23.8. The molecule has 2 amide bonds. The highest BCUT2D eigenvalue weighted by Crippen LogP contribution is 2.33. The van der Waals surface area contributed by atoms with Gasteiger partial charge in [0, 0.05) is 13.0 Å². The van der Waals surface area contributed by atoms with Crippen LogP contribution in [0.2, 0.25) is 0 Å². The molecule has 0 spiro atoms. The van der Waals surface area contributed by atoms with Gasteiger partial charge < -0.3 is 5.11 Å². The molecule has 0 aromatic rings. The summed E-state index contributed by atoms with van der Waals surface area (Å²) < 4.78 is 36.5. The Morgan fingerprint density at radius 3 is 2.50 bits per heavy atom. The number of amides is 2. The van der Waals surface area contributed by atoms with Crippen LogP contribution in [0.3, 0.4) is 0 Å². The molecule has 1 aliphatic heterocycles. The van der Waals surface area contributed by atoms with E-state index in [0.29, 0.717) is 0 Å². The van der Waals surface area contributed by atoms with E-state index in [1.807, 2.05) is 0 Å². The van der Waals surface area contributed by atoms with Crippen molar-refractivity contribution in [2.24, 2.45) is 5.92 Å². The lowest BCUT2D eigenvalue weighted by molar-refractivity contribution is -0.186. The van der Waals surface area contributed by atoms with Crippen LogP contribution in [0.4, 0.5) is 18.0 Å². The van der Waals surface area contributed by atoms with Gasteiger partial charge in [-0.2, -0.15) is 13.2 Å². The van der Waals surface area contributed by atoms with Crippen LogP contribution >= 0.6 is 0 Å². The number of halogens is 3.